The Morgan fingerprint density at radius 2 is 1.88 bits per heavy atom. The molecule has 24 heavy (non-hydrogen) atoms. The van der Waals surface area contributed by atoms with Crippen molar-refractivity contribution in [2.75, 3.05) is 18.0 Å². The molecule has 1 aliphatic rings. The zero-order valence-electron chi connectivity index (χ0n) is 13.0. The molecule has 5 nitrogen and oxygen atoms in total. The third-order valence-corrected chi connectivity index (χ3v) is 4.17. The minimum Gasteiger partial charge on any atom is -0.354 e. The van der Waals surface area contributed by atoms with Gasteiger partial charge >= 0.3 is 6.03 Å². The number of halogens is 1. The second-order valence-electron chi connectivity index (χ2n) is 5.62. The largest absolute Gasteiger partial charge is 0.354 e. The van der Waals surface area contributed by atoms with Crippen molar-refractivity contribution in [2.24, 2.45) is 0 Å². The fourth-order valence-corrected chi connectivity index (χ4v) is 2.75. The van der Waals surface area contributed by atoms with Crippen LogP contribution in [0.4, 0.5) is 10.5 Å². The minimum absolute atomic E-state index is 0.171. The number of hydrogen-bond donors (Lipinski definition) is 2. The van der Waals surface area contributed by atoms with Gasteiger partial charge in [-0.1, -0.05) is 41.9 Å². The third kappa shape index (κ3) is 3.86. The summed E-state index contributed by atoms with van der Waals surface area (Å²) in [5.74, 6) is -0.171. The van der Waals surface area contributed by atoms with E-state index in [1.54, 1.807) is 4.90 Å². The van der Waals surface area contributed by atoms with Crippen LogP contribution < -0.4 is 15.5 Å². The second kappa shape index (κ2) is 7.36. The molecular formula is C18H18ClN3O2. The van der Waals surface area contributed by atoms with Crippen LogP contribution >= 0.6 is 11.6 Å². The molecule has 0 aromatic heterocycles. The molecule has 0 bridgehead atoms. The van der Waals surface area contributed by atoms with Crippen molar-refractivity contribution in [3.63, 3.8) is 0 Å². The standard InChI is InChI=1S/C18H18ClN3O2/c19-14-8-6-13(7-9-14)10-11-20-17(23)16-12-22(18(24)21-16)15-4-2-1-3-5-15/h1-9,16H,10-12H2,(H,20,23)(H,21,24). The summed E-state index contributed by atoms with van der Waals surface area (Å²) in [6.07, 6.45) is 0.714. The van der Waals surface area contributed by atoms with Gasteiger partial charge < -0.3 is 10.6 Å². The molecule has 0 aliphatic carbocycles. The van der Waals surface area contributed by atoms with E-state index in [4.69, 9.17) is 11.6 Å². The van der Waals surface area contributed by atoms with E-state index in [1.165, 1.54) is 0 Å². The average molecular weight is 344 g/mol. The van der Waals surface area contributed by atoms with Crippen molar-refractivity contribution >= 4 is 29.2 Å². The van der Waals surface area contributed by atoms with E-state index >= 15 is 0 Å². The Kier molecular flexibility index (Phi) is 5.01. The first kappa shape index (κ1) is 16.3. The van der Waals surface area contributed by atoms with E-state index in [-0.39, 0.29) is 11.9 Å². The number of nitrogens with zero attached hydrogens (tertiary/aromatic N) is 1. The van der Waals surface area contributed by atoms with Crippen LogP contribution in [0.15, 0.2) is 54.6 Å². The van der Waals surface area contributed by atoms with E-state index in [0.29, 0.717) is 24.5 Å². The quantitative estimate of drug-likeness (QED) is 0.876. The van der Waals surface area contributed by atoms with E-state index in [9.17, 15) is 9.59 Å². The summed E-state index contributed by atoms with van der Waals surface area (Å²) >= 11 is 5.85. The van der Waals surface area contributed by atoms with Gasteiger partial charge in [0.1, 0.15) is 6.04 Å². The highest BCUT2D eigenvalue weighted by atomic mass is 35.5. The Balaban J connectivity index is 1.51. The normalized spacial score (nSPS) is 16.8. The van der Waals surface area contributed by atoms with E-state index in [1.807, 2.05) is 54.6 Å². The molecule has 1 aliphatic heterocycles. The average Bonchev–Trinajstić information content (AvgIpc) is 2.99. The zero-order chi connectivity index (χ0) is 16.9. The van der Waals surface area contributed by atoms with Crippen LogP contribution in [0.3, 0.4) is 0 Å². The monoisotopic (exact) mass is 343 g/mol. The second-order valence-corrected chi connectivity index (χ2v) is 6.05. The number of carbonyl (C=O) groups excluding carboxylic acids is 2. The predicted molar refractivity (Wildman–Crippen MR) is 94.3 cm³/mol. The highest BCUT2D eigenvalue weighted by Gasteiger charge is 2.33. The number of rotatable bonds is 5. The molecule has 1 fully saturated rings. The zero-order valence-corrected chi connectivity index (χ0v) is 13.8. The molecule has 124 valence electrons. The Labute approximate surface area is 145 Å². The molecule has 2 N–H and O–H groups in total. The number of urea groups is 1. The highest BCUT2D eigenvalue weighted by molar-refractivity contribution is 6.30. The van der Waals surface area contributed by atoms with Gasteiger partial charge in [-0.2, -0.15) is 0 Å². The summed E-state index contributed by atoms with van der Waals surface area (Å²) in [6, 6.07) is 16.0. The molecular weight excluding hydrogens is 326 g/mol. The van der Waals surface area contributed by atoms with Gasteiger partial charge in [-0.05, 0) is 36.2 Å². The molecule has 2 aromatic carbocycles. The van der Waals surface area contributed by atoms with E-state index < -0.39 is 6.04 Å². The maximum Gasteiger partial charge on any atom is 0.322 e. The molecule has 2 aromatic rings. The van der Waals surface area contributed by atoms with E-state index in [0.717, 1.165) is 11.3 Å². The molecule has 6 heteroatoms. The summed E-state index contributed by atoms with van der Waals surface area (Å²) in [7, 11) is 0. The van der Waals surface area contributed by atoms with Gasteiger partial charge in [0.2, 0.25) is 5.91 Å². The van der Waals surface area contributed by atoms with Gasteiger partial charge in [-0.25, -0.2) is 4.79 Å². The van der Waals surface area contributed by atoms with Crippen molar-refractivity contribution in [1.82, 2.24) is 10.6 Å². The number of amides is 3. The van der Waals surface area contributed by atoms with Gasteiger partial charge in [0, 0.05) is 17.3 Å². The van der Waals surface area contributed by atoms with Gasteiger partial charge in [0.25, 0.3) is 0 Å². The van der Waals surface area contributed by atoms with E-state index in [2.05, 4.69) is 10.6 Å². The molecule has 1 saturated heterocycles. The van der Waals surface area contributed by atoms with Crippen LogP contribution in [0, 0.1) is 0 Å². The first-order chi connectivity index (χ1) is 11.6. The summed E-state index contributed by atoms with van der Waals surface area (Å²) < 4.78 is 0. The number of para-hydroxylation sites is 1. The molecule has 1 heterocycles. The van der Waals surface area contributed by atoms with Crippen LogP contribution in [-0.2, 0) is 11.2 Å². The Morgan fingerprint density at radius 1 is 1.17 bits per heavy atom. The van der Waals surface area contributed by atoms with Crippen LogP contribution in [0.1, 0.15) is 5.56 Å². The van der Waals surface area contributed by atoms with Gasteiger partial charge in [0.15, 0.2) is 0 Å². The fraction of sp³-hybridized carbons (Fsp3) is 0.222. The molecule has 1 unspecified atom stereocenters. The van der Waals surface area contributed by atoms with Crippen LogP contribution in [0.25, 0.3) is 0 Å². The lowest BCUT2D eigenvalue weighted by Gasteiger charge is -2.14. The van der Waals surface area contributed by atoms with Crippen LogP contribution in [0.5, 0.6) is 0 Å². The maximum atomic E-state index is 12.2. The molecule has 0 radical (unpaired) electrons. The summed E-state index contributed by atoms with van der Waals surface area (Å²) in [4.78, 5) is 25.9. The number of hydrogen-bond acceptors (Lipinski definition) is 2. The first-order valence-electron chi connectivity index (χ1n) is 7.79. The van der Waals surface area contributed by atoms with Crippen molar-refractivity contribution < 1.29 is 9.59 Å². The summed E-state index contributed by atoms with van der Waals surface area (Å²) in [5.41, 5.74) is 1.88. The lowest BCUT2D eigenvalue weighted by molar-refractivity contribution is -0.122. The van der Waals surface area contributed by atoms with Gasteiger partial charge in [-0.15, -0.1) is 0 Å². The first-order valence-corrected chi connectivity index (χ1v) is 8.16. The van der Waals surface area contributed by atoms with Crippen molar-refractivity contribution in [2.45, 2.75) is 12.5 Å². The molecule has 0 spiro atoms. The molecule has 3 rings (SSSR count). The maximum absolute atomic E-state index is 12.2. The summed E-state index contributed by atoms with van der Waals surface area (Å²) in [5, 5.41) is 6.27. The SMILES string of the molecule is O=C(NCCc1ccc(Cl)cc1)C1CN(c2ccccc2)C(=O)N1. The fourth-order valence-electron chi connectivity index (χ4n) is 2.62. The van der Waals surface area contributed by atoms with Crippen molar-refractivity contribution in [3.8, 4) is 0 Å². The smallest absolute Gasteiger partial charge is 0.322 e. The Bertz CT molecular complexity index is 719. The van der Waals surface area contributed by atoms with Gasteiger partial charge in [-0.3, -0.25) is 9.69 Å². The predicted octanol–water partition coefficient (Wildman–Crippen LogP) is 2.60. The number of carbonyl (C=O) groups is 2. The van der Waals surface area contributed by atoms with Crippen molar-refractivity contribution in [3.05, 3.63) is 65.2 Å². The minimum atomic E-state index is -0.539. The number of anilines is 1. The number of benzene rings is 2. The Morgan fingerprint density at radius 3 is 2.58 bits per heavy atom. The summed E-state index contributed by atoms with van der Waals surface area (Å²) in [6.45, 7) is 0.841. The topological polar surface area (TPSA) is 61.4 Å². The third-order valence-electron chi connectivity index (χ3n) is 3.92. The lowest BCUT2D eigenvalue weighted by Crippen LogP contribution is -2.43. The van der Waals surface area contributed by atoms with Crippen LogP contribution in [0.2, 0.25) is 5.02 Å². The van der Waals surface area contributed by atoms with Crippen LogP contribution in [-0.4, -0.2) is 31.1 Å². The molecule has 0 saturated carbocycles. The molecule has 1 atom stereocenters. The highest BCUT2D eigenvalue weighted by Crippen LogP contribution is 2.17. The van der Waals surface area contributed by atoms with Gasteiger partial charge in [0.05, 0.1) is 6.54 Å². The number of nitrogens with one attached hydrogen (secondary N) is 2. The lowest BCUT2D eigenvalue weighted by atomic mass is 10.1. The van der Waals surface area contributed by atoms with Crippen molar-refractivity contribution in [1.29, 1.82) is 0 Å². The Hall–Kier alpha value is -2.53. The molecule has 3 amide bonds.